The fourth-order valence-electron chi connectivity index (χ4n) is 1.32. The molecule has 1 heterocycles. The monoisotopic (exact) mass is 313 g/mol. The topological polar surface area (TPSA) is 70.9 Å². The molecule has 88 valence electrons. The molecule has 4 N–H and O–H groups in total. The summed E-state index contributed by atoms with van der Waals surface area (Å²) in [4.78, 5) is 14.6. The van der Waals surface area contributed by atoms with Crippen LogP contribution in [0.5, 0.6) is 0 Å². The molecular formula is C11H9BrClN3O. The second-order valence-electron chi connectivity index (χ2n) is 3.42. The Morgan fingerprint density at radius 1 is 1.41 bits per heavy atom. The summed E-state index contributed by atoms with van der Waals surface area (Å²) in [6, 6.07) is 6.70. The summed E-state index contributed by atoms with van der Waals surface area (Å²) in [5, 5.41) is 3.33. The van der Waals surface area contributed by atoms with Crippen molar-refractivity contribution in [2.24, 2.45) is 0 Å². The van der Waals surface area contributed by atoms with Gasteiger partial charge in [0.05, 0.1) is 5.69 Å². The van der Waals surface area contributed by atoms with E-state index in [1.807, 2.05) is 0 Å². The van der Waals surface area contributed by atoms with Crippen LogP contribution < -0.4 is 11.1 Å². The highest BCUT2D eigenvalue weighted by molar-refractivity contribution is 9.10. The minimum atomic E-state index is -0.260. The van der Waals surface area contributed by atoms with Gasteiger partial charge in [0, 0.05) is 21.4 Å². The summed E-state index contributed by atoms with van der Waals surface area (Å²) >= 11 is 9.13. The molecular weight excluding hydrogens is 305 g/mol. The quantitative estimate of drug-likeness (QED) is 0.796. The molecule has 0 bridgehead atoms. The van der Waals surface area contributed by atoms with Crippen molar-refractivity contribution in [3.63, 3.8) is 0 Å². The number of aromatic nitrogens is 1. The van der Waals surface area contributed by atoms with Crippen LogP contribution in [0.25, 0.3) is 0 Å². The number of hydrogen-bond acceptors (Lipinski definition) is 2. The average Bonchev–Trinajstić information content (AvgIpc) is 2.69. The number of nitrogens with two attached hydrogens (primary N) is 1. The van der Waals surface area contributed by atoms with E-state index < -0.39 is 0 Å². The minimum absolute atomic E-state index is 0.260. The van der Waals surface area contributed by atoms with Gasteiger partial charge in [-0.15, -0.1) is 0 Å². The van der Waals surface area contributed by atoms with E-state index in [9.17, 15) is 4.79 Å². The second kappa shape index (κ2) is 4.81. The highest BCUT2D eigenvalue weighted by Gasteiger charge is 2.09. The molecule has 0 saturated carbocycles. The van der Waals surface area contributed by atoms with Crippen LogP contribution in [0, 0.1) is 0 Å². The number of nitrogen functional groups attached to an aromatic ring is 1. The lowest BCUT2D eigenvalue weighted by molar-refractivity contribution is 0.102. The van der Waals surface area contributed by atoms with Crippen LogP contribution in [0.3, 0.4) is 0 Å². The lowest BCUT2D eigenvalue weighted by Gasteiger charge is -2.06. The van der Waals surface area contributed by atoms with Gasteiger partial charge in [0.2, 0.25) is 0 Å². The van der Waals surface area contributed by atoms with Crippen molar-refractivity contribution in [3.8, 4) is 0 Å². The smallest absolute Gasteiger partial charge is 0.272 e. The molecule has 2 aromatic rings. The van der Waals surface area contributed by atoms with Gasteiger partial charge in [-0.05, 0) is 40.2 Å². The van der Waals surface area contributed by atoms with Gasteiger partial charge in [-0.2, -0.15) is 0 Å². The summed E-state index contributed by atoms with van der Waals surface area (Å²) in [5.74, 6) is -0.260. The Morgan fingerprint density at radius 3 is 2.76 bits per heavy atom. The number of amides is 1. The van der Waals surface area contributed by atoms with Gasteiger partial charge in [0.25, 0.3) is 5.91 Å². The molecule has 0 saturated heterocycles. The second-order valence-corrected chi connectivity index (χ2v) is 4.72. The highest BCUT2D eigenvalue weighted by atomic mass is 79.9. The Bertz CT molecular complexity index is 568. The van der Waals surface area contributed by atoms with E-state index in [-0.39, 0.29) is 5.91 Å². The van der Waals surface area contributed by atoms with Crippen molar-refractivity contribution in [1.82, 2.24) is 4.98 Å². The van der Waals surface area contributed by atoms with Crippen LogP contribution in [0.4, 0.5) is 11.4 Å². The molecule has 0 radical (unpaired) electrons. The molecule has 17 heavy (non-hydrogen) atoms. The fraction of sp³-hybridized carbons (Fsp3) is 0. The first-order chi connectivity index (χ1) is 8.06. The molecule has 6 heteroatoms. The molecule has 4 nitrogen and oxygen atoms in total. The van der Waals surface area contributed by atoms with Crippen molar-refractivity contribution < 1.29 is 4.79 Å². The van der Waals surface area contributed by atoms with Gasteiger partial charge in [-0.1, -0.05) is 11.6 Å². The van der Waals surface area contributed by atoms with E-state index >= 15 is 0 Å². The first kappa shape index (κ1) is 12.0. The van der Waals surface area contributed by atoms with Gasteiger partial charge < -0.3 is 16.0 Å². The normalized spacial score (nSPS) is 10.2. The van der Waals surface area contributed by atoms with Gasteiger partial charge in [0.1, 0.15) is 5.69 Å². The van der Waals surface area contributed by atoms with Crippen molar-refractivity contribution >= 4 is 44.8 Å². The number of carbonyl (C=O) groups excluding carboxylic acids is 1. The molecule has 1 aromatic carbocycles. The first-order valence-electron chi connectivity index (χ1n) is 4.76. The standard InChI is InChI=1S/C11H9BrClN3O/c12-8-3-6(13)1-2-9(8)16-11(17)10-4-7(14)5-15-10/h1-5,15H,14H2,(H,16,17). The molecule has 0 unspecified atom stereocenters. The Kier molecular flexibility index (Phi) is 3.40. The van der Waals surface area contributed by atoms with Crippen molar-refractivity contribution in [2.45, 2.75) is 0 Å². The highest BCUT2D eigenvalue weighted by Crippen LogP contribution is 2.26. The maximum absolute atomic E-state index is 11.8. The third-order valence-electron chi connectivity index (χ3n) is 2.13. The molecule has 1 aromatic heterocycles. The van der Waals surface area contributed by atoms with Gasteiger partial charge in [-0.3, -0.25) is 4.79 Å². The Morgan fingerprint density at radius 2 is 2.18 bits per heavy atom. The molecule has 0 spiro atoms. The Labute approximate surface area is 111 Å². The van der Waals surface area contributed by atoms with Crippen LogP contribution in [0.2, 0.25) is 5.02 Å². The summed E-state index contributed by atoms with van der Waals surface area (Å²) in [6.07, 6.45) is 1.56. The Balaban J connectivity index is 2.18. The number of rotatable bonds is 2. The van der Waals surface area contributed by atoms with Gasteiger partial charge >= 0.3 is 0 Å². The number of anilines is 2. The molecule has 0 aliphatic carbocycles. The van der Waals surface area contributed by atoms with E-state index in [0.29, 0.717) is 22.1 Å². The van der Waals surface area contributed by atoms with Gasteiger partial charge in [0.15, 0.2) is 0 Å². The predicted molar refractivity (Wildman–Crippen MR) is 72.3 cm³/mol. The molecule has 0 aliphatic heterocycles. The van der Waals surface area contributed by atoms with E-state index in [1.54, 1.807) is 30.5 Å². The fourth-order valence-corrected chi connectivity index (χ4v) is 2.10. The third-order valence-corrected chi connectivity index (χ3v) is 3.02. The van der Waals surface area contributed by atoms with E-state index in [4.69, 9.17) is 17.3 Å². The lowest BCUT2D eigenvalue weighted by atomic mass is 10.3. The van der Waals surface area contributed by atoms with Gasteiger partial charge in [-0.25, -0.2) is 0 Å². The summed E-state index contributed by atoms with van der Waals surface area (Å²) in [5.41, 5.74) is 7.09. The van der Waals surface area contributed by atoms with E-state index in [0.717, 1.165) is 4.47 Å². The van der Waals surface area contributed by atoms with Crippen LogP contribution in [0.15, 0.2) is 34.9 Å². The molecule has 1 amide bonds. The van der Waals surface area contributed by atoms with Crippen molar-refractivity contribution in [1.29, 1.82) is 0 Å². The zero-order chi connectivity index (χ0) is 12.4. The molecule has 2 rings (SSSR count). The molecule has 0 atom stereocenters. The lowest BCUT2D eigenvalue weighted by Crippen LogP contribution is -2.12. The third kappa shape index (κ3) is 2.81. The van der Waals surface area contributed by atoms with Crippen LogP contribution >= 0.6 is 27.5 Å². The molecule has 0 aliphatic rings. The zero-order valence-electron chi connectivity index (χ0n) is 8.63. The summed E-state index contributed by atoms with van der Waals surface area (Å²) in [6.45, 7) is 0. The van der Waals surface area contributed by atoms with Crippen LogP contribution in [-0.4, -0.2) is 10.9 Å². The number of hydrogen-bond donors (Lipinski definition) is 3. The summed E-state index contributed by atoms with van der Waals surface area (Å²) in [7, 11) is 0. The number of halogens is 2. The number of carbonyl (C=O) groups is 1. The summed E-state index contributed by atoms with van der Waals surface area (Å²) < 4.78 is 0.720. The largest absolute Gasteiger partial charge is 0.397 e. The van der Waals surface area contributed by atoms with Crippen molar-refractivity contribution in [3.05, 3.63) is 45.7 Å². The van der Waals surface area contributed by atoms with Crippen LogP contribution in [0.1, 0.15) is 10.5 Å². The minimum Gasteiger partial charge on any atom is -0.397 e. The average molecular weight is 315 g/mol. The number of aromatic amines is 1. The van der Waals surface area contributed by atoms with E-state index in [2.05, 4.69) is 26.2 Å². The molecule has 0 fully saturated rings. The van der Waals surface area contributed by atoms with Crippen molar-refractivity contribution in [2.75, 3.05) is 11.1 Å². The maximum atomic E-state index is 11.8. The predicted octanol–water partition coefficient (Wildman–Crippen LogP) is 3.27. The zero-order valence-corrected chi connectivity index (χ0v) is 11.0. The number of nitrogens with one attached hydrogen (secondary N) is 2. The number of benzene rings is 1. The van der Waals surface area contributed by atoms with Crippen LogP contribution in [-0.2, 0) is 0 Å². The maximum Gasteiger partial charge on any atom is 0.272 e. The number of H-pyrrole nitrogens is 1. The Hall–Kier alpha value is -1.46. The first-order valence-corrected chi connectivity index (χ1v) is 5.93. The van der Waals surface area contributed by atoms with E-state index in [1.165, 1.54) is 0 Å². The SMILES string of the molecule is Nc1c[nH]c(C(=O)Nc2ccc(Cl)cc2Br)c1.